The number of esters is 1. The van der Waals surface area contributed by atoms with Crippen molar-refractivity contribution < 1.29 is 19.1 Å². The Labute approximate surface area is 145 Å². The molecule has 0 bridgehead atoms. The van der Waals surface area contributed by atoms with Crippen molar-refractivity contribution in [3.63, 3.8) is 0 Å². The Balaban J connectivity index is 2.03. The predicted octanol–water partition coefficient (Wildman–Crippen LogP) is 3.47. The molecular weight excluding hydrogens is 322 g/mol. The second-order valence-electron chi connectivity index (χ2n) is 5.10. The standard InChI is InChI=1S/C18H19N3O4/c1-3-25-17(23)15-6-4-5-7-16(15)21-18(24)20-14-10-8-13(9-11-14)19-12(2)22/h4-11H,3H2,1-2H3,(H,19,22)(H2,20,21,24). The summed E-state index contributed by atoms with van der Waals surface area (Å²) in [5.74, 6) is -0.674. The smallest absolute Gasteiger partial charge is 0.340 e. The molecule has 0 aromatic heterocycles. The number of anilines is 3. The first-order chi connectivity index (χ1) is 12.0. The van der Waals surface area contributed by atoms with Gasteiger partial charge in [0.1, 0.15) is 0 Å². The Hall–Kier alpha value is -3.35. The van der Waals surface area contributed by atoms with Crippen molar-refractivity contribution in [2.75, 3.05) is 22.6 Å². The molecule has 0 heterocycles. The Morgan fingerprint density at radius 3 is 2.08 bits per heavy atom. The summed E-state index contributed by atoms with van der Waals surface area (Å²) in [7, 11) is 0. The van der Waals surface area contributed by atoms with Crippen LogP contribution < -0.4 is 16.0 Å². The van der Waals surface area contributed by atoms with Crippen molar-refractivity contribution in [1.29, 1.82) is 0 Å². The number of hydrogen-bond acceptors (Lipinski definition) is 4. The van der Waals surface area contributed by atoms with Gasteiger partial charge in [-0.25, -0.2) is 9.59 Å². The molecule has 0 unspecified atom stereocenters. The Bertz CT molecular complexity index is 772. The maximum absolute atomic E-state index is 12.1. The number of amides is 3. The summed E-state index contributed by atoms with van der Waals surface area (Å²) >= 11 is 0. The summed E-state index contributed by atoms with van der Waals surface area (Å²) in [6.45, 7) is 3.38. The van der Waals surface area contributed by atoms with Gasteiger partial charge in [0.2, 0.25) is 5.91 Å². The third-order valence-corrected chi connectivity index (χ3v) is 3.13. The Kier molecular flexibility index (Phi) is 6.11. The summed E-state index contributed by atoms with van der Waals surface area (Å²) < 4.78 is 4.97. The number of urea groups is 1. The van der Waals surface area contributed by atoms with Crippen molar-refractivity contribution in [1.82, 2.24) is 0 Å². The van der Waals surface area contributed by atoms with Crippen molar-refractivity contribution >= 4 is 35.0 Å². The molecular formula is C18H19N3O4. The number of benzene rings is 2. The number of carbonyl (C=O) groups excluding carboxylic acids is 3. The lowest BCUT2D eigenvalue weighted by molar-refractivity contribution is -0.114. The monoisotopic (exact) mass is 341 g/mol. The average Bonchev–Trinajstić information content (AvgIpc) is 2.57. The van der Waals surface area contributed by atoms with E-state index in [2.05, 4.69) is 16.0 Å². The van der Waals surface area contributed by atoms with Crippen LogP contribution in [0.25, 0.3) is 0 Å². The van der Waals surface area contributed by atoms with E-state index in [1.54, 1.807) is 55.5 Å². The molecule has 7 heteroatoms. The number of rotatable bonds is 5. The van der Waals surface area contributed by atoms with Crippen LogP contribution in [-0.4, -0.2) is 24.5 Å². The third-order valence-electron chi connectivity index (χ3n) is 3.13. The van der Waals surface area contributed by atoms with Crippen molar-refractivity contribution in [2.45, 2.75) is 13.8 Å². The fourth-order valence-electron chi connectivity index (χ4n) is 2.10. The molecule has 2 aromatic rings. The number of hydrogen-bond donors (Lipinski definition) is 3. The highest BCUT2D eigenvalue weighted by Gasteiger charge is 2.13. The van der Waals surface area contributed by atoms with Crippen LogP contribution in [0, 0.1) is 0 Å². The fraction of sp³-hybridized carbons (Fsp3) is 0.167. The summed E-state index contributed by atoms with van der Waals surface area (Å²) in [6, 6.07) is 12.7. The van der Waals surface area contributed by atoms with Crippen LogP contribution in [0.5, 0.6) is 0 Å². The molecule has 0 aliphatic carbocycles. The minimum Gasteiger partial charge on any atom is -0.462 e. The van der Waals surface area contributed by atoms with E-state index in [1.165, 1.54) is 6.92 Å². The fourth-order valence-corrected chi connectivity index (χ4v) is 2.10. The molecule has 3 N–H and O–H groups in total. The van der Waals surface area contributed by atoms with Gasteiger partial charge >= 0.3 is 12.0 Å². The van der Waals surface area contributed by atoms with Gasteiger partial charge in [0.05, 0.1) is 17.9 Å². The van der Waals surface area contributed by atoms with Crippen molar-refractivity contribution in [2.24, 2.45) is 0 Å². The quantitative estimate of drug-likeness (QED) is 0.726. The van der Waals surface area contributed by atoms with Gasteiger partial charge in [-0.3, -0.25) is 4.79 Å². The van der Waals surface area contributed by atoms with Gasteiger partial charge in [0.15, 0.2) is 0 Å². The van der Waals surface area contributed by atoms with Crippen LogP contribution in [0.15, 0.2) is 48.5 Å². The van der Waals surface area contributed by atoms with E-state index >= 15 is 0 Å². The molecule has 0 spiro atoms. The average molecular weight is 341 g/mol. The molecule has 130 valence electrons. The molecule has 25 heavy (non-hydrogen) atoms. The number of para-hydroxylation sites is 1. The maximum Gasteiger partial charge on any atom is 0.340 e. The normalized spacial score (nSPS) is 9.84. The number of carbonyl (C=O) groups is 3. The Morgan fingerprint density at radius 1 is 0.880 bits per heavy atom. The molecule has 2 aromatic carbocycles. The lowest BCUT2D eigenvalue weighted by atomic mass is 10.2. The highest BCUT2D eigenvalue weighted by molar-refractivity contribution is 6.05. The zero-order valence-electron chi connectivity index (χ0n) is 14.0. The van der Waals surface area contributed by atoms with Crippen molar-refractivity contribution in [3.05, 3.63) is 54.1 Å². The second-order valence-corrected chi connectivity index (χ2v) is 5.10. The third kappa shape index (κ3) is 5.35. The second kappa shape index (κ2) is 8.49. The molecule has 7 nitrogen and oxygen atoms in total. The molecule has 0 fully saturated rings. The summed E-state index contributed by atoms with van der Waals surface area (Å²) in [6.07, 6.45) is 0. The molecule has 0 aliphatic heterocycles. The van der Waals surface area contributed by atoms with Gasteiger partial charge in [-0.05, 0) is 43.3 Å². The first kappa shape index (κ1) is 18.0. The first-order valence-corrected chi connectivity index (χ1v) is 7.71. The zero-order chi connectivity index (χ0) is 18.2. The summed E-state index contributed by atoms with van der Waals surface area (Å²) in [5.41, 5.74) is 1.81. The largest absolute Gasteiger partial charge is 0.462 e. The van der Waals surface area contributed by atoms with Gasteiger partial charge in [-0.15, -0.1) is 0 Å². The highest BCUT2D eigenvalue weighted by atomic mass is 16.5. The number of nitrogens with one attached hydrogen (secondary N) is 3. The van der Waals surface area contributed by atoms with E-state index < -0.39 is 12.0 Å². The van der Waals surface area contributed by atoms with Gasteiger partial charge in [0.25, 0.3) is 0 Å². The van der Waals surface area contributed by atoms with Gasteiger partial charge in [-0.1, -0.05) is 12.1 Å². The van der Waals surface area contributed by atoms with E-state index in [1.807, 2.05) is 0 Å². The molecule has 0 atom stereocenters. The molecule has 0 radical (unpaired) electrons. The van der Waals surface area contributed by atoms with E-state index in [-0.39, 0.29) is 18.1 Å². The first-order valence-electron chi connectivity index (χ1n) is 7.71. The minimum atomic E-state index is -0.502. The molecule has 0 saturated heterocycles. The summed E-state index contributed by atoms with van der Waals surface area (Å²) in [4.78, 5) is 35.0. The van der Waals surface area contributed by atoms with Crippen LogP contribution in [-0.2, 0) is 9.53 Å². The molecule has 0 aliphatic rings. The van der Waals surface area contributed by atoms with Crippen LogP contribution in [0.4, 0.5) is 21.9 Å². The maximum atomic E-state index is 12.1. The van der Waals surface area contributed by atoms with E-state index in [4.69, 9.17) is 4.74 Å². The van der Waals surface area contributed by atoms with Crippen LogP contribution in [0.1, 0.15) is 24.2 Å². The minimum absolute atomic E-state index is 0.172. The lowest BCUT2D eigenvalue weighted by Crippen LogP contribution is -2.21. The number of ether oxygens (including phenoxy) is 1. The van der Waals surface area contributed by atoms with Gasteiger partial charge < -0.3 is 20.7 Å². The van der Waals surface area contributed by atoms with Crippen molar-refractivity contribution in [3.8, 4) is 0 Å². The van der Waals surface area contributed by atoms with E-state index in [0.717, 1.165) is 0 Å². The van der Waals surface area contributed by atoms with Crippen LogP contribution in [0.2, 0.25) is 0 Å². The lowest BCUT2D eigenvalue weighted by Gasteiger charge is -2.11. The molecule has 0 saturated carbocycles. The topological polar surface area (TPSA) is 96.5 Å². The SMILES string of the molecule is CCOC(=O)c1ccccc1NC(=O)Nc1ccc(NC(C)=O)cc1. The van der Waals surface area contributed by atoms with E-state index in [0.29, 0.717) is 17.1 Å². The predicted molar refractivity (Wildman–Crippen MR) is 95.8 cm³/mol. The van der Waals surface area contributed by atoms with E-state index in [9.17, 15) is 14.4 Å². The highest BCUT2D eigenvalue weighted by Crippen LogP contribution is 2.18. The van der Waals surface area contributed by atoms with Gasteiger partial charge in [0, 0.05) is 18.3 Å². The van der Waals surface area contributed by atoms with Crippen LogP contribution >= 0.6 is 0 Å². The zero-order valence-corrected chi connectivity index (χ0v) is 14.0. The Morgan fingerprint density at radius 2 is 1.48 bits per heavy atom. The molecule has 3 amide bonds. The van der Waals surface area contributed by atoms with Crippen LogP contribution in [0.3, 0.4) is 0 Å². The van der Waals surface area contributed by atoms with Gasteiger partial charge in [-0.2, -0.15) is 0 Å². The summed E-state index contributed by atoms with van der Waals surface area (Å²) in [5, 5.41) is 7.92. The molecule has 2 rings (SSSR count).